The highest BCUT2D eigenvalue weighted by molar-refractivity contribution is 7.89. The van der Waals surface area contributed by atoms with E-state index in [9.17, 15) is 8.42 Å². The lowest BCUT2D eigenvalue weighted by Crippen LogP contribution is -2.34. The van der Waals surface area contributed by atoms with Gasteiger partial charge in [0.25, 0.3) is 0 Å². The van der Waals surface area contributed by atoms with Gasteiger partial charge in [0.05, 0.1) is 18.0 Å². The zero-order chi connectivity index (χ0) is 18.0. The van der Waals surface area contributed by atoms with E-state index in [0.29, 0.717) is 24.8 Å². The van der Waals surface area contributed by atoms with Crippen LogP contribution in [0.5, 0.6) is 0 Å². The highest BCUT2D eigenvalue weighted by Gasteiger charge is 2.34. The summed E-state index contributed by atoms with van der Waals surface area (Å²) in [7, 11) is -3.17. The number of sulfonamides is 1. The Balaban J connectivity index is 1.41. The van der Waals surface area contributed by atoms with Crippen molar-refractivity contribution in [3.8, 4) is 11.3 Å². The van der Waals surface area contributed by atoms with Crippen LogP contribution in [0.15, 0.2) is 36.5 Å². The first-order valence-electron chi connectivity index (χ1n) is 9.57. The standard InChI is InChI=1S/C19H26N4O2S/c24-26(25,15-16-7-3-1-4-8-16)22-12-11-18(13-22)23-14-19(20-21-23)17-9-5-2-6-10-17/h2,5-6,9-10,14,16,18H,1,3-4,7-8,11-13,15H2. The fourth-order valence-corrected chi connectivity index (χ4v) is 6.06. The van der Waals surface area contributed by atoms with E-state index < -0.39 is 10.0 Å². The number of hydrogen-bond donors (Lipinski definition) is 0. The molecule has 6 nitrogen and oxygen atoms in total. The third-order valence-electron chi connectivity index (χ3n) is 5.64. The Kier molecular flexibility index (Phi) is 5.09. The third kappa shape index (κ3) is 3.83. The largest absolute Gasteiger partial charge is 0.247 e. The molecule has 1 saturated carbocycles. The number of nitrogens with zero attached hydrogens (tertiary/aromatic N) is 4. The van der Waals surface area contributed by atoms with Crippen LogP contribution in [-0.4, -0.2) is 46.6 Å². The van der Waals surface area contributed by atoms with Gasteiger partial charge < -0.3 is 0 Å². The van der Waals surface area contributed by atoms with Crippen LogP contribution >= 0.6 is 0 Å². The molecule has 140 valence electrons. The van der Waals surface area contributed by atoms with Gasteiger partial charge in [0.2, 0.25) is 10.0 Å². The predicted octanol–water partition coefficient (Wildman–Crippen LogP) is 3.10. The second kappa shape index (κ2) is 7.48. The lowest BCUT2D eigenvalue weighted by atomic mass is 9.91. The third-order valence-corrected chi connectivity index (χ3v) is 7.66. The Hall–Kier alpha value is -1.73. The van der Waals surface area contributed by atoms with E-state index in [1.54, 1.807) is 4.31 Å². The molecule has 1 aliphatic heterocycles. The van der Waals surface area contributed by atoms with Crippen molar-refractivity contribution in [3.63, 3.8) is 0 Å². The van der Waals surface area contributed by atoms with Crippen LogP contribution in [0.1, 0.15) is 44.6 Å². The van der Waals surface area contributed by atoms with Gasteiger partial charge in [-0.2, -0.15) is 4.31 Å². The minimum Gasteiger partial charge on any atom is -0.247 e. The van der Waals surface area contributed by atoms with Crippen LogP contribution in [0.4, 0.5) is 0 Å². The van der Waals surface area contributed by atoms with Gasteiger partial charge in [0, 0.05) is 18.7 Å². The minimum atomic E-state index is -3.17. The van der Waals surface area contributed by atoms with Crippen molar-refractivity contribution in [1.82, 2.24) is 19.3 Å². The molecule has 1 aromatic heterocycles. The van der Waals surface area contributed by atoms with E-state index in [1.165, 1.54) is 19.3 Å². The summed E-state index contributed by atoms with van der Waals surface area (Å²) in [5.74, 6) is 0.649. The first-order chi connectivity index (χ1) is 12.6. The molecule has 1 aromatic carbocycles. The zero-order valence-electron chi connectivity index (χ0n) is 15.0. The fraction of sp³-hybridized carbons (Fsp3) is 0.579. The molecule has 7 heteroatoms. The molecule has 0 radical (unpaired) electrons. The van der Waals surface area contributed by atoms with Crippen molar-refractivity contribution in [2.75, 3.05) is 18.8 Å². The monoisotopic (exact) mass is 374 g/mol. The average Bonchev–Trinajstić information content (AvgIpc) is 3.33. The Morgan fingerprint density at radius 2 is 1.81 bits per heavy atom. The lowest BCUT2D eigenvalue weighted by Gasteiger charge is -2.24. The van der Waals surface area contributed by atoms with E-state index in [1.807, 2.05) is 41.2 Å². The molecule has 2 fully saturated rings. The maximum atomic E-state index is 12.8. The van der Waals surface area contributed by atoms with Gasteiger partial charge in [-0.1, -0.05) is 54.8 Å². The summed E-state index contributed by atoms with van der Waals surface area (Å²) in [6, 6.07) is 10.0. The van der Waals surface area contributed by atoms with Crippen molar-refractivity contribution >= 4 is 10.0 Å². The van der Waals surface area contributed by atoms with Gasteiger partial charge in [-0.15, -0.1) is 5.10 Å². The molecule has 2 aliphatic rings. The summed E-state index contributed by atoms with van der Waals surface area (Å²) < 4.78 is 29.1. The van der Waals surface area contributed by atoms with Gasteiger partial charge >= 0.3 is 0 Å². The molecule has 1 unspecified atom stereocenters. The Bertz CT molecular complexity index is 828. The molecule has 1 aliphatic carbocycles. The van der Waals surface area contributed by atoms with E-state index in [0.717, 1.165) is 30.5 Å². The molecular weight excluding hydrogens is 348 g/mol. The summed E-state index contributed by atoms with van der Waals surface area (Å²) in [6.07, 6.45) is 8.42. The van der Waals surface area contributed by atoms with Crippen LogP contribution in [0.2, 0.25) is 0 Å². The van der Waals surface area contributed by atoms with Gasteiger partial charge in [0.1, 0.15) is 5.69 Å². The molecule has 1 atom stereocenters. The smallest absolute Gasteiger partial charge is 0.214 e. The first-order valence-corrected chi connectivity index (χ1v) is 11.2. The van der Waals surface area contributed by atoms with Crippen molar-refractivity contribution in [2.45, 2.75) is 44.6 Å². The first kappa shape index (κ1) is 17.7. The topological polar surface area (TPSA) is 68.1 Å². The SMILES string of the molecule is O=S(=O)(CC1CCCCC1)N1CCC(n2cc(-c3ccccc3)nn2)C1. The lowest BCUT2D eigenvalue weighted by molar-refractivity contribution is 0.372. The molecule has 1 saturated heterocycles. The number of rotatable bonds is 5. The van der Waals surface area contributed by atoms with E-state index in [4.69, 9.17) is 0 Å². The van der Waals surface area contributed by atoms with Crippen molar-refractivity contribution in [2.24, 2.45) is 5.92 Å². The van der Waals surface area contributed by atoms with Crippen LogP contribution in [0.3, 0.4) is 0 Å². The molecule has 0 spiro atoms. The van der Waals surface area contributed by atoms with Crippen molar-refractivity contribution < 1.29 is 8.42 Å². The van der Waals surface area contributed by atoms with Gasteiger partial charge in [-0.05, 0) is 25.2 Å². The molecular formula is C19H26N4O2S. The summed E-state index contributed by atoms with van der Waals surface area (Å²) in [5.41, 5.74) is 1.85. The van der Waals surface area contributed by atoms with E-state index in [2.05, 4.69) is 10.3 Å². The van der Waals surface area contributed by atoms with Crippen LogP contribution in [0, 0.1) is 5.92 Å². The molecule has 2 aromatic rings. The predicted molar refractivity (Wildman–Crippen MR) is 101 cm³/mol. The molecule has 0 amide bonds. The normalized spacial score (nSPS) is 22.7. The highest BCUT2D eigenvalue weighted by atomic mass is 32.2. The number of hydrogen-bond acceptors (Lipinski definition) is 4. The van der Waals surface area contributed by atoms with Crippen LogP contribution in [-0.2, 0) is 10.0 Å². The summed E-state index contributed by atoms with van der Waals surface area (Å²) >= 11 is 0. The minimum absolute atomic E-state index is 0.0705. The fourth-order valence-electron chi connectivity index (χ4n) is 4.13. The van der Waals surface area contributed by atoms with Crippen LogP contribution < -0.4 is 0 Å². The molecule has 0 N–H and O–H groups in total. The van der Waals surface area contributed by atoms with Crippen molar-refractivity contribution in [1.29, 1.82) is 0 Å². The zero-order valence-corrected chi connectivity index (χ0v) is 15.8. The van der Waals surface area contributed by atoms with Gasteiger partial charge in [-0.3, -0.25) is 0 Å². The Labute approximate surface area is 155 Å². The molecule has 4 rings (SSSR count). The van der Waals surface area contributed by atoms with Gasteiger partial charge in [-0.25, -0.2) is 13.1 Å². The molecule has 26 heavy (non-hydrogen) atoms. The maximum Gasteiger partial charge on any atom is 0.214 e. The Morgan fingerprint density at radius 1 is 1.04 bits per heavy atom. The van der Waals surface area contributed by atoms with Gasteiger partial charge in [0.15, 0.2) is 0 Å². The van der Waals surface area contributed by atoms with Crippen LogP contribution in [0.25, 0.3) is 11.3 Å². The number of benzene rings is 1. The Morgan fingerprint density at radius 3 is 2.58 bits per heavy atom. The summed E-state index contributed by atoms with van der Waals surface area (Å²) in [4.78, 5) is 0. The quantitative estimate of drug-likeness (QED) is 0.806. The second-order valence-electron chi connectivity index (χ2n) is 7.53. The molecule has 2 heterocycles. The summed E-state index contributed by atoms with van der Waals surface area (Å²) in [5, 5.41) is 8.51. The van der Waals surface area contributed by atoms with E-state index >= 15 is 0 Å². The summed E-state index contributed by atoms with van der Waals surface area (Å²) in [6.45, 7) is 1.09. The second-order valence-corrected chi connectivity index (χ2v) is 9.55. The average molecular weight is 375 g/mol. The highest BCUT2D eigenvalue weighted by Crippen LogP contribution is 2.29. The van der Waals surface area contributed by atoms with Crippen molar-refractivity contribution in [3.05, 3.63) is 36.5 Å². The van der Waals surface area contributed by atoms with E-state index in [-0.39, 0.29) is 6.04 Å². The maximum absolute atomic E-state index is 12.8. The molecule has 0 bridgehead atoms. The number of aromatic nitrogens is 3.